The topological polar surface area (TPSA) is 280 Å². The minimum Gasteiger partial charge on any atom is -0.460 e. The summed E-state index contributed by atoms with van der Waals surface area (Å²) in [6.45, 7) is 11.8. The van der Waals surface area contributed by atoms with E-state index in [9.17, 15) is 43.5 Å². The lowest BCUT2D eigenvalue weighted by Crippen LogP contribution is -2.61. The summed E-state index contributed by atoms with van der Waals surface area (Å²) >= 11 is 0. The second kappa shape index (κ2) is 29.7. The molecule has 0 spiro atoms. The van der Waals surface area contributed by atoms with Crippen LogP contribution in [0.15, 0.2) is 47.6 Å². The molecule has 75 heavy (non-hydrogen) atoms. The molecule has 2 amide bonds. The normalized spacial score (nSPS) is 36.7. The number of phosphoric ester groups is 1. The first-order valence-corrected chi connectivity index (χ1v) is 28.0. The van der Waals surface area contributed by atoms with E-state index in [1.165, 1.54) is 14.2 Å². The molecule has 21 heteroatoms. The van der Waals surface area contributed by atoms with Crippen molar-refractivity contribution in [3.8, 4) is 0 Å². The lowest BCUT2D eigenvalue weighted by molar-refractivity contribution is -0.265. The summed E-state index contributed by atoms with van der Waals surface area (Å²) < 4.78 is 50.6. The highest BCUT2D eigenvalue weighted by Gasteiger charge is 2.53. The van der Waals surface area contributed by atoms with Gasteiger partial charge in [-0.25, -0.2) is 14.2 Å². The van der Waals surface area contributed by atoms with Crippen LogP contribution in [-0.4, -0.2) is 156 Å². The Morgan fingerprint density at radius 2 is 1.61 bits per heavy atom. The monoisotopic (exact) mass is 1080 g/mol. The Bertz CT molecular complexity index is 2120. The van der Waals surface area contributed by atoms with Gasteiger partial charge in [0.1, 0.15) is 36.2 Å². The molecule has 3 aliphatic heterocycles. The van der Waals surface area contributed by atoms with Crippen molar-refractivity contribution in [2.24, 2.45) is 35.5 Å². The maximum absolute atomic E-state index is 14.5. The maximum atomic E-state index is 14.5. The quantitative estimate of drug-likeness (QED) is 0.0520. The van der Waals surface area contributed by atoms with Gasteiger partial charge < -0.3 is 58.6 Å². The molecule has 0 radical (unpaired) electrons. The highest BCUT2D eigenvalue weighted by Crippen LogP contribution is 2.39. The lowest BCUT2D eigenvalue weighted by atomic mass is 9.78. The fourth-order valence-electron chi connectivity index (χ4n) is 10.7. The molecule has 0 aromatic rings. The number of carbonyl (C=O) groups is 6. The first-order valence-electron chi connectivity index (χ1n) is 26.5. The molecular weight excluding hydrogens is 996 g/mol. The molecule has 20 nitrogen and oxygen atoms in total. The molecule has 1 saturated carbocycles. The number of cyclic esters (lactones) is 1. The number of esters is 1. The van der Waals surface area contributed by atoms with Crippen LogP contribution in [0.5, 0.6) is 0 Å². The van der Waals surface area contributed by atoms with Crippen LogP contribution in [0.2, 0.25) is 0 Å². The molecule has 9 unspecified atom stereocenters. The number of carbonyl (C=O) groups excluding carboxylic acids is 6. The number of alkyl carbamates (subject to hydrolysis) is 1. The van der Waals surface area contributed by atoms with Gasteiger partial charge in [-0.1, -0.05) is 71.1 Å². The Labute approximate surface area is 442 Å². The zero-order valence-electron chi connectivity index (χ0n) is 45.6. The van der Waals surface area contributed by atoms with Crippen molar-refractivity contribution in [1.82, 2.24) is 10.2 Å². The molecule has 3 fully saturated rings. The number of amides is 2. The lowest BCUT2D eigenvalue weighted by Gasteiger charge is -2.42. The number of methoxy groups -OCH3 is 3. The predicted octanol–water partition coefficient (Wildman–Crippen LogP) is 6.02. The summed E-state index contributed by atoms with van der Waals surface area (Å²) in [5.74, 6) is -8.79. The number of allylic oxidation sites excluding steroid dienone is 6. The average Bonchev–Trinajstić information content (AvgIpc) is 3.36. The third-order valence-corrected chi connectivity index (χ3v) is 15.9. The number of aliphatic hydroxyl groups is 2. The van der Waals surface area contributed by atoms with E-state index < -0.39 is 116 Å². The third kappa shape index (κ3) is 18.6. The number of ketones is 3. The molecule has 15 atom stereocenters. The van der Waals surface area contributed by atoms with Crippen molar-refractivity contribution in [3.63, 3.8) is 0 Å². The summed E-state index contributed by atoms with van der Waals surface area (Å²) in [6.07, 6.45) is 8.63. The van der Waals surface area contributed by atoms with E-state index in [0.717, 1.165) is 10.5 Å². The number of ether oxygens (including phenoxy) is 6. The Morgan fingerprint density at radius 1 is 0.893 bits per heavy atom. The number of hydrogen-bond donors (Lipinski definition) is 5. The van der Waals surface area contributed by atoms with E-state index in [0.29, 0.717) is 63.4 Å². The highest BCUT2D eigenvalue weighted by atomic mass is 31.2. The SMILES string of the molecule is COC1CC2CC[C@@H](C)[C@@](O)(O2)C(=O)C(=O)N2CCCC[C@H]2C(=O)OC(C(C)CC2CC[C@@H](OC(=O)NCCOP(=O)(O)O)C(OC)C2)CC(=O)C(C)/C=C(\C)[C@@H](O)C(OC)C(=O)[C@H](C)CC(C)\C=C/C=C/C=C/1C. The van der Waals surface area contributed by atoms with Gasteiger partial charge in [0.05, 0.1) is 24.9 Å². The average molecular weight is 1080 g/mol. The van der Waals surface area contributed by atoms with Gasteiger partial charge in [0, 0.05) is 65.0 Å². The number of Topliss-reactive ketones (excluding diaryl/α,β-unsaturated/α-hetero) is 3. The van der Waals surface area contributed by atoms with Gasteiger partial charge in [-0.2, -0.15) is 0 Å². The minimum absolute atomic E-state index is 0.0159. The van der Waals surface area contributed by atoms with Gasteiger partial charge in [0.15, 0.2) is 5.78 Å². The first-order chi connectivity index (χ1) is 35.3. The second-order valence-electron chi connectivity index (χ2n) is 21.2. The van der Waals surface area contributed by atoms with Crippen LogP contribution in [0.3, 0.4) is 0 Å². The molecule has 3 heterocycles. The van der Waals surface area contributed by atoms with Crippen molar-refractivity contribution in [2.45, 2.75) is 180 Å². The molecule has 1 aliphatic carbocycles. The number of aliphatic hydroxyl groups excluding tert-OH is 1. The van der Waals surface area contributed by atoms with Crippen molar-refractivity contribution < 1.29 is 86.3 Å². The number of nitrogens with one attached hydrogen (secondary N) is 1. The van der Waals surface area contributed by atoms with Gasteiger partial charge in [0.25, 0.3) is 11.7 Å². The van der Waals surface area contributed by atoms with Crippen LogP contribution in [0.1, 0.15) is 126 Å². The smallest absolute Gasteiger partial charge is 0.460 e. The Morgan fingerprint density at radius 3 is 2.28 bits per heavy atom. The van der Waals surface area contributed by atoms with Crippen LogP contribution in [0.25, 0.3) is 0 Å². The fraction of sp³-hybridized carbons (Fsp3) is 0.741. The summed E-state index contributed by atoms with van der Waals surface area (Å²) in [5.41, 5.74) is 1.19. The third-order valence-electron chi connectivity index (χ3n) is 15.3. The summed E-state index contributed by atoms with van der Waals surface area (Å²) in [4.78, 5) is 103. The number of nitrogens with zero attached hydrogens (tertiary/aromatic N) is 1. The van der Waals surface area contributed by atoms with Gasteiger partial charge in [-0.05, 0) is 107 Å². The maximum Gasteiger partial charge on any atom is 0.469 e. The molecule has 4 aliphatic rings. The van der Waals surface area contributed by atoms with E-state index in [2.05, 4.69) is 9.84 Å². The van der Waals surface area contributed by atoms with Crippen molar-refractivity contribution in [2.75, 3.05) is 41.0 Å². The fourth-order valence-corrected chi connectivity index (χ4v) is 11.1. The molecule has 5 N–H and O–H groups in total. The molecular formula is C54H85N2O18P. The van der Waals surface area contributed by atoms with Crippen molar-refractivity contribution >= 4 is 43.1 Å². The number of fused-ring (bicyclic) bond motifs is 3. The molecule has 424 valence electrons. The minimum atomic E-state index is -4.71. The summed E-state index contributed by atoms with van der Waals surface area (Å²) in [7, 11) is -0.325. The molecule has 4 rings (SSSR count). The van der Waals surface area contributed by atoms with E-state index in [4.69, 9.17) is 38.2 Å². The van der Waals surface area contributed by atoms with Crippen LogP contribution >= 0.6 is 7.82 Å². The zero-order chi connectivity index (χ0) is 55.8. The van der Waals surface area contributed by atoms with E-state index in [1.807, 2.05) is 51.2 Å². The number of piperidine rings is 1. The zero-order valence-corrected chi connectivity index (χ0v) is 46.4. The highest BCUT2D eigenvalue weighted by molar-refractivity contribution is 7.46. The van der Waals surface area contributed by atoms with E-state index in [1.54, 1.807) is 40.9 Å². The standard InChI is InChI=1S/C54H85N2O18P/c1-32-16-12-11-13-17-33(2)44(68-8)30-40-21-19-38(7)54(64,74-40)50(60)51(61)56-24-15-14-18-41(56)52(62)72-45(31-42(57)34(3)27-37(6)48(59)49(70-10)47(58)36(5)26-32)35(4)28-39-20-22-43(46(29-39)69-9)73-53(63)55-23-25-71-75(65,66)67/h11-13,16-17,27,32,34-36,38-41,43-46,48-49,59,64H,14-15,18-26,28-31H2,1-10H3,(H,55,63)(H2,65,66,67)/b13-11+,16-12-,33-17+,37-27+/t32?,34?,35?,36-,38-,39?,40?,41+,43-,44?,45?,46?,48-,49?,54-/m1/s1. The van der Waals surface area contributed by atoms with Crippen LogP contribution < -0.4 is 5.32 Å². The summed E-state index contributed by atoms with van der Waals surface area (Å²) in [5, 5.41) is 25.9. The summed E-state index contributed by atoms with van der Waals surface area (Å²) in [6, 6.07) is -1.22. The Balaban J connectivity index is 1.65. The Kier molecular flexibility index (Phi) is 25.2. The van der Waals surface area contributed by atoms with E-state index in [-0.39, 0.29) is 55.8 Å². The van der Waals surface area contributed by atoms with E-state index >= 15 is 0 Å². The molecule has 2 bridgehead atoms. The first kappa shape index (κ1) is 63.6. The van der Waals surface area contributed by atoms with Crippen LogP contribution in [0.4, 0.5) is 4.79 Å². The van der Waals surface area contributed by atoms with Gasteiger partial charge >= 0.3 is 19.9 Å². The molecule has 2 saturated heterocycles. The predicted molar refractivity (Wildman–Crippen MR) is 275 cm³/mol. The largest absolute Gasteiger partial charge is 0.469 e. The molecule has 0 aromatic heterocycles. The van der Waals surface area contributed by atoms with Crippen molar-refractivity contribution in [1.29, 1.82) is 0 Å². The van der Waals surface area contributed by atoms with Crippen LogP contribution in [0, 0.1) is 35.5 Å². The number of hydrogen-bond acceptors (Lipinski definition) is 16. The van der Waals surface area contributed by atoms with Crippen molar-refractivity contribution in [3.05, 3.63) is 47.6 Å². The number of rotatable bonds is 11. The van der Waals surface area contributed by atoms with Crippen LogP contribution in [-0.2, 0) is 61.5 Å². The van der Waals surface area contributed by atoms with Gasteiger partial charge in [-0.3, -0.25) is 23.7 Å². The van der Waals surface area contributed by atoms with Gasteiger partial charge in [0.2, 0.25) is 5.79 Å². The molecule has 0 aromatic carbocycles. The number of phosphoric acid groups is 1. The van der Waals surface area contributed by atoms with Gasteiger partial charge in [-0.15, -0.1) is 0 Å². The Hall–Kier alpha value is -3.95. The second-order valence-corrected chi connectivity index (χ2v) is 22.5.